The number of nitrogens with one attached hydrogen (secondary N) is 1. The van der Waals surface area contributed by atoms with Crippen molar-refractivity contribution in [2.75, 3.05) is 5.73 Å². The third kappa shape index (κ3) is 6.59. The van der Waals surface area contributed by atoms with Crippen molar-refractivity contribution < 1.29 is 38.1 Å². The van der Waals surface area contributed by atoms with Gasteiger partial charge in [0.1, 0.15) is 48.1 Å². The van der Waals surface area contributed by atoms with Crippen molar-refractivity contribution in [3.63, 3.8) is 0 Å². The van der Waals surface area contributed by atoms with Gasteiger partial charge in [-0.05, 0) is 51.2 Å². The number of nitrogen functional groups attached to an aromatic ring is 1. The second-order valence-electron chi connectivity index (χ2n) is 10.6. The average Bonchev–Trinajstić information content (AvgIpc) is 3.54. The molecule has 15 heteroatoms. The first-order valence-electron chi connectivity index (χ1n) is 14.1. The molecule has 1 aromatic carbocycles. The molecule has 5 rings (SSSR count). The highest BCUT2D eigenvalue weighted by Gasteiger charge is 2.49. The van der Waals surface area contributed by atoms with E-state index in [1.54, 1.807) is 37.3 Å². The zero-order valence-corrected chi connectivity index (χ0v) is 24.4. The Labute approximate surface area is 243 Å². The molecular formula is C27H37N6O8P. The van der Waals surface area contributed by atoms with Crippen molar-refractivity contribution in [3.8, 4) is 5.75 Å². The van der Waals surface area contributed by atoms with Gasteiger partial charge in [0.2, 0.25) is 0 Å². The normalized spacial score (nSPS) is 26.0. The lowest BCUT2D eigenvalue weighted by molar-refractivity contribution is -0.152. The fraction of sp³-hybridized carbons (Fsp3) is 0.556. The van der Waals surface area contributed by atoms with E-state index in [-0.39, 0.29) is 24.1 Å². The second-order valence-corrected chi connectivity index (χ2v) is 12.2. The summed E-state index contributed by atoms with van der Waals surface area (Å²) in [5.41, 5.74) is 6.49. The Morgan fingerprint density at radius 2 is 1.90 bits per heavy atom. The number of hydrogen-bond acceptors (Lipinski definition) is 12. The summed E-state index contributed by atoms with van der Waals surface area (Å²) in [6.07, 6.45) is 1.19. The average molecular weight is 605 g/mol. The molecule has 228 valence electrons. The fourth-order valence-corrected chi connectivity index (χ4v) is 7.05. The van der Waals surface area contributed by atoms with E-state index in [1.807, 2.05) is 0 Å². The predicted molar refractivity (Wildman–Crippen MR) is 151 cm³/mol. The van der Waals surface area contributed by atoms with Gasteiger partial charge in [-0.25, -0.2) is 19.5 Å². The molecule has 3 aromatic rings. The van der Waals surface area contributed by atoms with Gasteiger partial charge < -0.3 is 29.9 Å². The number of ether oxygens (including phenoxy) is 2. The third-order valence-electron chi connectivity index (χ3n) is 7.51. The molecule has 3 heterocycles. The number of hydrogen-bond donors (Lipinski definition) is 4. The summed E-state index contributed by atoms with van der Waals surface area (Å²) in [6, 6.07) is 7.39. The van der Waals surface area contributed by atoms with Crippen molar-refractivity contribution in [3.05, 3.63) is 43.0 Å². The first-order chi connectivity index (χ1) is 20.2. The summed E-state index contributed by atoms with van der Waals surface area (Å²) in [5, 5.41) is 24.6. The molecule has 0 bridgehead atoms. The van der Waals surface area contributed by atoms with Crippen molar-refractivity contribution in [1.29, 1.82) is 0 Å². The summed E-state index contributed by atoms with van der Waals surface area (Å²) in [7, 11) is -4.28. The summed E-state index contributed by atoms with van der Waals surface area (Å²) in [6.45, 7) is 3.28. The Kier molecular flexibility index (Phi) is 9.41. The quantitative estimate of drug-likeness (QED) is 0.185. The van der Waals surface area contributed by atoms with Gasteiger partial charge in [0.25, 0.3) is 0 Å². The van der Waals surface area contributed by atoms with Crippen LogP contribution in [-0.2, 0) is 23.4 Å². The number of fused-ring (bicyclic) bond motifs is 1. The molecule has 1 aliphatic heterocycles. The minimum Gasteiger partial charge on any atom is -0.461 e. The Hall–Kier alpha value is -3.13. The first kappa shape index (κ1) is 30.3. The number of carbonyl (C=O) groups is 1. The van der Waals surface area contributed by atoms with Crippen LogP contribution in [0.3, 0.4) is 0 Å². The van der Waals surface area contributed by atoms with E-state index in [2.05, 4.69) is 20.0 Å². The highest BCUT2D eigenvalue weighted by Crippen LogP contribution is 2.48. The minimum absolute atomic E-state index is 0.151. The molecule has 1 aliphatic carbocycles. The molecule has 2 aliphatic rings. The molecule has 1 saturated carbocycles. The number of aromatic nitrogens is 4. The van der Waals surface area contributed by atoms with Gasteiger partial charge in [-0.15, -0.1) is 0 Å². The van der Waals surface area contributed by atoms with Crippen LogP contribution in [-0.4, -0.2) is 72.3 Å². The third-order valence-corrected chi connectivity index (χ3v) is 9.20. The van der Waals surface area contributed by atoms with Crippen LogP contribution in [0.1, 0.15) is 58.6 Å². The molecule has 42 heavy (non-hydrogen) atoms. The maximum absolute atomic E-state index is 14.2. The van der Waals surface area contributed by atoms with Crippen molar-refractivity contribution in [1.82, 2.24) is 24.6 Å². The molecule has 14 nitrogen and oxygen atoms in total. The van der Waals surface area contributed by atoms with Gasteiger partial charge in [-0.2, -0.15) is 5.09 Å². The van der Waals surface area contributed by atoms with Crippen LogP contribution in [0.5, 0.6) is 5.75 Å². The zero-order chi connectivity index (χ0) is 29.9. The first-order valence-corrected chi connectivity index (χ1v) is 15.7. The van der Waals surface area contributed by atoms with Crippen LogP contribution in [0.25, 0.3) is 11.2 Å². The monoisotopic (exact) mass is 604 g/mol. The van der Waals surface area contributed by atoms with E-state index >= 15 is 0 Å². The van der Waals surface area contributed by atoms with Crippen molar-refractivity contribution >= 4 is 30.7 Å². The van der Waals surface area contributed by atoms with E-state index in [4.69, 9.17) is 24.3 Å². The SMILES string of the molecule is CC[C@H](NP(=O)(Oc1ccccc1)O[C@@H](C)[C@H]1O[C@@H](n2cnc3c(N)ncnc32)[C@H](O)[C@@H]1O)C(=O)OC1CCCCC1. The number of anilines is 1. The van der Waals surface area contributed by atoms with E-state index in [0.29, 0.717) is 11.2 Å². The van der Waals surface area contributed by atoms with Crippen LogP contribution < -0.4 is 15.3 Å². The number of para-hydroxylation sites is 1. The number of nitrogens with two attached hydrogens (primary N) is 1. The lowest BCUT2D eigenvalue weighted by atomic mass is 9.98. The van der Waals surface area contributed by atoms with E-state index in [9.17, 15) is 19.6 Å². The van der Waals surface area contributed by atoms with Gasteiger partial charge >= 0.3 is 13.7 Å². The molecule has 2 fully saturated rings. The maximum Gasteiger partial charge on any atom is 0.459 e. The molecular weight excluding hydrogens is 567 g/mol. The molecule has 0 spiro atoms. The summed E-state index contributed by atoms with van der Waals surface area (Å²) < 4.78 is 39.1. The van der Waals surface area contributed by atoms with Crippen LogP contribution in [0, 0.1) is 0 Å². The van der Waals surface area contributed by atoms with Gasteiger partial charge in [-0.3, -0.25) is 13.9 Å². The van der Waals surface area contributed by atoms with Gasteiger partial charge in [0.05, 0.1) is 12.4 Å². The second kappa shape index (κ2) is 13.0. The highest BCUT2D eigenvalue weighted by molar-refractivity contribution is 7.52. The molecule has 1 unspecified atom stereocenters. The van der Waals surface area contributed by atoms with Crippen LogP contribution in [0.4, 0.5) is 5.82 Å². The van der Waals surface area contributed by atoms with Gasteiger partial charge in [-0.1, -0.05) is 31.5 Å². The number of esters is 1. The topological polar surface area (TPSA) is 193 Å². The van der Waals surface area contributed by atoms with Crippen LogP contribution in [0.15, 0.2) is 43.0 Å². The standard InChI is InChI=1S/C27H37N6O8P/c1-3-19(27(36)38-17-10-6-4-7-11-17)32-42(37,41-18-12-8-5-9-13-18)40-16(2)23-21(34)22(35)26(39-23)33-15-31-20-24(28)29-14-30-25(20)33/h5,8-9,12-17,19,21-23,26,34-35H,3-4,6-7,10-11H2,1-2H3,(H,32,37)(H2,28,29,30)/t16-,19-,21-,22+,23+,26+,42?/m0/s1. The highest BCUT2D eigenvalue weighted by atomic mass is 31.2. The number of aliphatic hydroxyl groups is 2. The number of aliphatic hydroxyl groups excluding tert-OH is 2. The summed E-state index contributed by atoms with van der Waals surface area (Å²) >= 11 is 0. The molecule has 0 radical (unpaired) electrons. The minimum atomic E-state index is -4.28. The number of nitrogens with zero attached hydrogens (tertiary/aromatic N) is 4. The fourth-order valence-electron chi connectivity index (χ4n) is 5.27. The Morgan fingerprint density at radius 1 is 1.17 bits per heavy atom. The molecule has 5 N–H and O–H groups in total. The number of imidazole rings is 1. The number of rotatable bonds is 11. The number of carbonyl (C=O) groups excluding carboxylic acids is 1. The molecule has 0 amide bonds. The maximum atomic E-state index is 14.2. The van der Waals surface area contributed by atoms with E-state index in [0.717, 1.165) is 32.1 Å². The van der Waals surface area contributed by atoms with Gasteiger partial charge in [0.15, 0.2) is 17.7 Å². The lowest BCUT2D eigenvalue weighted by Gasteiger charge is -2.30. The predicted octanol–water partition coefficient (Wildman–Crippen LogP) is 2.86. The van der Waals surface area contributed by atoms with E-state index < -0.39 is 50.4 Å². The summed E-state index contributed by atoms with van der Waals surface area (Å²) in [5.74, 6) is -0.153. The van der Waals surface area contributed by atoms with E-state index in [1.165, 1.54) is 24.1 Å². The van der Waals surface area contributed by atoms with Crippen LogP contribution in [0.2, 0.25) is 0 Å². The molecule has 1 saturated heterocycles. The molecule has 2 aromatic heterocycles. The lowest BCUT2D eigenvalue weighted by Crippen LogP contribution is -2.42. The Balaban J connectivity index is 1.34. The Morgan fingerprint density at radius 3 is 2.62 bits per heavy atom. The number of benzene rings is 1. The smallest absolute Gasteiger partial charge is 0.459 e. The van der Waals surface area contributed by atoms with Gasteiger partial charge in [0, 0.05) is 0 Å². The largest absolute Gasteiger partial charge is 0.461 e. The summed E-state index contributed by atoms with van der Waals surface area (Å²) in [4.78, 5) is 25.3. The van der Waals surface area contributed by atoms with Crippen LogP contribution >= 0.6 is 7.75 Å². The zero-order valence-electron chi connectivity index (χ0n) is 23.5. The molecule has 7 atom stereocenters. The Bertz CT molecular complexity index is 1400. The van der Waals surface area contributed by atoms with Crippen molar-refractivity contribution in [2.45, 2.75) is 95.2 Å². The van der Waals surface area contributed by atoms with Crippen molar-refractivity contribution in [2.24, 2.45) is 0 Å².